The van der Waals surface area contributed by atoms with Gasteiger partial charge < -0.3 is 28.8 Å². The van der Waals surface area contributed by atoms with Gasteiger partial charge >= 0.3 is 11.9 Å². The van der Waals surface area contributed by atoms with E-state index in [1.54, 1.807) is 6.92 Å². The van der Waals surface area contributed by atoms with Crippen LogP contribution >= 0.6 is 0 Å². The maximum Gasteiger partial charge on any atom is 0.330 e. The first-order valence-corrected chi connectivity index (χ1v) is 10.9. The Morgan fingerprint density at radius 3 is 2.61 bits per heavy atom. The summed E-state index contributed by atoms with van der Waals surface area (Å²) in [4.78, 5) is 34.8. The van der Waals surface area contributed by atoms with Crippen LogP contribution in [0.4, 0.5) is 0 Å². The maximum atomic E-state index is 12.1. The van der Waals surface area contributed by atoms with E-state index in [0.717, 1.165) is 12.8 Å². The van der Waals surface area contributed by atoms with Gasteiger partial charge in [-0.1, -0.05) is 26.0 Å². The smallest absolute Gasteiger partial charge is 0.330 e. The SMILES string of the molecule is C=C(/C=C/C=O)[C@]1(OC)OC(C[C@@H](O)[C@@H](C)OCCCC)C/C(=C\C(=O)OC)[C@@H]1OC(C)=O. The van der Waals surface area contributed by atoms with Crippen LogP contribution in [0, 0.1) is 0 Å². The predicted molar refractivity (Wildman–Crippen MR) is 120 cm³/mol. The Balaban J connectivity index is 3.35. The van der Waals surface area contributed by atoms with Crippen molar-refractivity contribution in [1.29, 1.82) is 0 Å². The minimum absolute atomic E-state index is 0.147. The van der Waals surface area contributed by atoms with Crippen molar-refractivity contribution in [2.45, 2.75) is 76.7 Å². The number of ether oxygens (including phenoxy) is 5. The Kier molecular flexibility index (Phi) is 12.2. The number of hydrogen-bond donors (Lipinski definition) is 1. The van der Waals surface area contributed by atoms with Crippen molar-refractivity contribution < 1.29 is 43.2 Å². The molecule has 0 radical (unpaired) electrons. The van der Waals surface area contributed by atoms with Gasteiger partial charge in [0, 0.05) is 38.7 Å². The van der Waals surface area contributed by atoms with Gasteiger partial charge in [-0.15, -0.1) is 0 Å². The van der Waals surface area contributed by atoms with Gasteiger partial charge in [-0.2, -0.15) is 0 Å². The molecule has 0 spiro atoms. The molecule has 1 aliphatic rings. The highest BCUT2D eigenvalue weighted by Crippen LogP contribution is 2.42. The lowest BCUT2D eigenvalue weighted by Gasteiger charge is -2.47. The largest absolute Gasteiger partial charge is 0.466 e. The summed E-state index contributed by atoms with van der Waals surface area (Å²) in [5.41, 5.74) is 0.549. The zero-order valence-corrected chi connectivity index (χ0v) is 20.1. The number of aliphatic hydroxyl groups excluding tert-OH is 1. The Hall–Kier alpha value is -2.33. The summed E-state index contributed by atoms with van der Waals surface area (Å²) >= 11 is 0. The molecule has 0 bridgehead atoms. The van der Waals surface area contributed by atoms with Gasteiger partial charge in [0.15, 0.2) is 6.10 Å². The van der Waals surface area contributed by atoms with E-state index in [2.05, 4.69) is 6.58 Å². The predicted octanol–water partition coefficient (Wildman–Crippen LogP) is 2.42. The van der Waals surface area contributed by atoms with E-state index in [4.69, 9.17) is 23.7 Å². The van der Waals surface area contributed by atoms with Crippen LogP contribution in [0.3, 0.4) is 0 Å². The van der Waals surface area contributed by atoms with E-state index in [9.17, 15) is 19.5 Å². The average Bonchev–Trinajstić information content (AvgIpc) is 2.78. The lowest BCUT2D eigenvalue weighted by molar-refractivity contribution is -0.280. The number of aldehydes is 1. The van der Waals surface area contributed by atoms with E-state index in [1.807, 2.05) is 6.92 Å². The molecule has 0 aliphatic carbocycles. The van der Waals surface area contributed by atoms with Crippen LogP contribution in [-0.4, -0.2) is 74.4 Å². The van der Waals surface area contributed by atoms with E-state index in [0.29, 0.717) is 18.5 Å². The van der Waals surface area contributed by atoms with E-state index in [1.165, 1.54) is 39.4 Å². The molecule has 0 aromatic carbocycles. The topological polar surface area (TPSA) is 118 Å². The first-order valence-electron chi connectivity index (χ1n) is 10.9. The zero-order valence-electron chi connectivity index (χ0n) is 20.1. The van der Waals surface area contributed by atoms with E-state index >= 15 is 0 Å². The second-order valence-electron chi connectivity index (χ2n) is 7.80. The molecule has 33 heavy (non-hydrogen) atoms. The van der Waals surface area contributed by atoms with E-state index < -0.39 is 42.1 Å². The highest BCUT2D eigenvalue weighted by molar-refractivity contribution is 5.83. The fourth-order valence-electron chi connectivity index (χ4n) is 3.55. The average molecular weight is 469 g/mol. The Morgan fingerprint density at radius 1 is 1.36 bits per heavy atom. The number of esters is 2. The number of hydrogen-bond acceptors (Lipinski definition) is 9. The van der Waals surface area contributed by atoms with E-state index in [-0.39, 0.29) is 18.4 Å². The summed E-state index contributed by atoms with van der Waals surface area (Å²) in [6.07, 6.45) is 3.34. The number of carbonyl (C=O) groups is 3. The van der Waals surface area contributed by atoms with Crippen molar-refractivity contribution >= 4 is 18.2 Å². The molecular formula is C24H36O9. The van der Waals surface area contributed by atoms with Gasteiger partial charge in [0.25, 0.3) is 0 Å². The molecule has 5 atom stereocenters. The lowest BCUT2D eigenvalue weighted by Crippen LogP contribution is -2.57. The van der Waals surface area contributed by atoms with Gasteiger partial charge in [-0.25, -0.2) is 4.79 Å². The van der Waals surface area contributed by atoms with Crippen molar-refractivity contribution in [2.24, 2.45) is 0 Å². The number of methoxy groups -OCH3 is 2. The fourth-order valence-corrected chi connectivity index (χ4v) is 3.55. The molecule has 1 unspecified atom stereocenters. The summed E-state index contributed by atoms with van der Waals surface area (Å²) in [5.74, 6) is -3.02. The molecule has 0 saturated carbocycles. The summed E-state index contributed by atoms with van der Waals surface area (Å²) in [7, 11) is 2.56. The molecule has 1 saturated heterocycles. The first-order chi connectivity index (χ1) is 15.6. The Labute approximate surface area is 195 Å². The molecule has 1 heterocycles. The third-order valence-corrected chi connectivity index (χ3v) is 5.33. The highest BCUT2D eigenvalue weighted by Gasteiger charge is 2.52. The van der Waals surface area contributed by atoms with Gasteiger partial charge in [-0.05, 0) is 31.4 Å². The monoisotopic (exact) mass is 468 g/mol. The zero-order chi connectivity index (χ0) is 25.0. The molecule has 9 heteroatoms. The lowest BCUT2D eigenvalue weighted by atomic mass is 9.85. The second-order valence-corrected chi connectivity index (χ2v) is 7.80. The van der Waals surface area contributed by atoms with Crippen molar-refractivity contribution in [1.82, 2.24) is 0 Å². The quantitative estimate of drug-likeness (QED) is 0.143. The molecule has 0 aromatic rings. The number of unbranched alkanes of at least 4 members (excludes halogenated alkanes) is 1. The molecule has 0 amide bonds. The minimum atomic E-state index is -1.74. The number of carbonyl (C=O) groups excluding carboxylic acids is 3. The van der Waals surface area contributed by atoms with Crippen LogP contribution in [0.15, 0.2) is 36.0 Å². The number of allylic oxidation sites excluding steroid dienone is 1. The van der Waals surface area contributed by atoms with Crippen LogP contribution in [0.25, 0.3) is 0 Å². The molecule has 0 aromatic heterocycles. The Bertz CT molecular complexity index is 742. The van der Waals surface area contributed by atoms with Crippen molar-refractivity contribution in [3.05, 3.63) is 36.0 Å². The molecule has 1 aliphatic heterocycles. The van der Waals surface area contributed by atoms with Crippen LogP contribution in [0.1, 0.15) is 46.5 Å². The molecule has 1 fully saturated rings. The van der Waals surface area contributed by atoms with Crippen LogP contribution in [-0.2, 0) is 38.1 Å². The standard InChI is InChI=1S/C24H36O9/c1-7-8-12-31-17(3)21(27)15-20-13-19(14-22(28)29-5)23(32-18(4)26)24(30-6,33-20)16(2)10-9-11-25/h9-11,14,17,20-21,23,27H,2,7-8,12-13,15H2,1,3-6H3/b10-9+,19-14+/t17-,20?,21-,23+,24+/m1/s1. The van der Waals surface area contributed by atoms with Gasteiger partial charge in [0.1, 0.15) is 6.29 Å². The third-order valence-electron chi connectivity index (χ3n) is 5.33. The van der Waals surface area contributed by atoms with Gasteiger partial charge in [0.2, 0.25) is 5.79 Å². The third kappa shape index (κ3) is 8.19. The first kappa shape index (κ1) is 28.7. The van der Waals surface area contributed by atoms with Gasteiger partial charge in [0.05, 0.1) is 25.4 Å². The van der Waals surface area contributed by atoms with Crippen molar-refractivity contribution in [3.8, 4) is 0 Å². The van der Waals surface area contributed by atoms with Crippen molar-refractivity contribution in [3.63, 3.8) is 0 Å². The van der Waals surface area contributed by atoms with Crippen LogP contribution < -0.4 is 0 Å². The molecule has 1 N–H and O–H groups in total. The number of aliphatic hydroxyl groups is 1. The second kappa shape index (κ2) is 14.0. The number of rotatable bonds is 13. The van der Waals surface area contributed by atoms with Crippen LogP contribution in [0.2, 0.25) is 0 Å². The van der Waals surface area contributed by atoms with Crippen molar-refractivity contribution in [2.75, 3.05) is 20.8 Å². The fraction of sp³-hybridized carbons (Fsp3) is 0.625. The summed E-state index contributed by atoms with van der Waals surface area (Å²) < 4.78 is 27.8. The van der Waals surface area contributed by atoms with Crippen LogP contribution in [0.5, 0.6) is 0 Å². The minimum Gasteiger partial charge on any atom is -0.466 e. The van der Waals surface area contributed by atoms with Gasteiger partial charge in [-0.3, -0.25) is 9.59 Å². The normalized spacial score (nSPS) is 26.1. The molecular weight excluding hydrogens is 432 g/mol. The molecule has 186 valence electrons. The molecule has 1 rings (SSSR count). The summed E-state index contributed by atoms with van der Waals surface area (Å²) in [5, 5.41) is 10.7. The highest BCUT2D eigenvalue weighted by atomic mass is 16.7. The Morgan fingerprint density at radius 2 is 2.06 bits per heavy atom. The summed E-state index contributed by atoms with van der Waals surface area (Å²) in [6, 6.07) is 0. The molecule has 9 nitrogen and oxygen atoms in total. The summed E-state index contributed by atoms with van der Waals surface area (Å²) in [6.45, 7) is 9.49. The maximum absolute atomic E-state index is 12.1.